The fraction of sp³-hybridized carbons (Fsp3) is 0.158. The summed E-state index contributed by atoms with van der Waals surface area (Å²) < 4.78 is 1.77. The third-order valence-corrected chi connectivity index (χ3v) is 3.67. The maximum Gasteiger partial charge on any atom is 0.251 e. The number of amides is 1. The van der Waals surface area contributed by atoms with Gasteiger partial charge in [-0.15, -0.1) is 0 Å². The minimum absolute atomic E-state index is 0.0370. The van der Waals surface area contributed by atoms with Gasteiger partial charge >= 0.3 is 0 Å². The second kappa shape index (κ2) is 7.40. The molecule has 1 aromatic heterocycles. The Morgan fingerprint density at radius 1 is 1.00 bits per heavy atom. The summed E-state index contributed by atoms with van der Waals surface area (Å²) in [7, 11) is 0. The number of benzene rings is 2. The van der Waals surface area contributed by atoms with Gasteiger partial charge in [0.05, 0.1) is 5.69 Å². The summed E-state index contributed by atoms with van der Waals surface area (Å²) in [5.41, 5.74) is 2.90. The number of rotatable bonds is 6. The van der Waals surface area contributed by atoms with E-state index >= 15 is 0 Å². The van der Waals surface area contributed by atoms with Crippen molar-refractivity contribution in [2.45, 2.75) is 12.8 Å². The SMILES string of the molecule is O=C(NCCCc1ccccc1)c1ccc(-n2cccn2)cc1. The molecule has 0 unspecified atom stereocenters. The number of hydrogen-bond acceptors (Lipinski definition) is 2. The van der Waals surface area contributed by atoms with E-state index in [0.717, 1.165) is 18.5 Å². The van der Waals surface area contributed by atoms with Crippen molar-refractivity contribution in [1.82, 2.24) is 15.1 Å². The molecule has 3 aromatic rings. The van der Waals surface area contributed by atoms with Crippen LogP contribution in [0.3, 0.4) is 0 Å². The van der Waals surface area contributed by atoms with Crippen LogP contribution in [-0.2, 0) is 6.42 Å². The van der Waals surface area contributed by atoms with Crippen LogP contribution in [0.4, 0.5) is 0 Å². The molecule has 0 spiro atoms. The number of carbonyl (C=O) groups excluding carboxylic acids is 1. The first-order valence-electron chi connectivity index (χ1n) is 7.75. The molecule has 0 saturated carbocycles. The lowest BCUT2D eigenvalue weighted by Gasteiger charge is -2.07. The van der Waals surface area contributed by atoms with Crippen molar-refractivity contribution in [2.24, 2.45) is 0 Å². The molecule has 4 nitrogen and oxygen atoms in total. The van der Waals surface area contributed by atoms with Gasteiger partial charge in [0.15, 0.2) is 0 Å². The van der Waals surface area contributed by atoms with Gasteiger partial charge in [-0.2, -0.15) is 5.10 Å². The molecule has 2 aromatic carbocycles. The van der Waals surface area contributed by atoms with Crippen molar-refractivity contribution in [1.29, 1.82) is 0 Å². The van der Waals surface area contributed by atoms with Crippen LogP contribution in [0.5, 0.6) is 0 Å². The zero-order valence-corrected chi connectivity index (χ0v) is 12.9. The van der Waals surface area contributed by atoms with Crippen LogP contribution < -0.4 is 5.32 Å². The van der Waals surface area contributed by atoms with Gasteiger partial charge < -0.3 is 5.32 Å². The number of aromatic nitrogens is 2. The normalized spacial score (nSPS) is 10.4. The van der Waals surface area contributed by atoms with Crippen molar-refractivity contribution in [3.63, 3.8) is 0 Å². The molecule has 3 rings (SSSR count). The highest BCUT2D eigenvalue weighted by Gasteiger charge is 2.05. The summed E-state index contributed by atoms with van der Waals surface area (Å²) >= 11 is 0. The summed E-state index contributed by atoms with van der Waals surface area (Å²) in [5.74, 6) is -0.0370. The quantitative estimate of drug-likeness (QED) is 0.711. The van der Waals surface area contributed by atoms with Crippen LogP contribution in [-0.4, -0.2) is 22.2 Å². The predicted molar refractivity (Wildman–Crippen MR) is 90.7 cm³/mol. The Labute approximate surface area is 135 Å². The highest BCUT2D eigenvalue weighted by Crippen LogP contribution is 2.08. The maximum atomic E-state index is 12.1. The molecule has 0 radical (unpaired) electrons. The third-order valence-electron chi connectivity index (χ3n) is 3.67. The second-order valence-corrected chi connectivity index (χ2v) is 5.34. The van der Waals surface area contributed by atoms with Crippen molar-refractivity contribution in [2.75, 3.05) is 6.54 Å². The van der Waals surface area contributed by atoms with E-state index in [1.165, 1.54) is 5.56 Å². The molecular weight excluding hydrogens is 286 g/mol. The predicted octanol–water partition coefficient (Wildman–Crippen LogP) is 3.23. The van der Waals surface area contributed by atoms with Crippen LogP contribution in [0, 0.1) is 0 Å². The largest absolute Gasteiger partial charge is 0.352 e. The van der Waals surface area contributed by atoms with Gasteiger partial charge in [0.25, 0.3) is 5.91 Å². The molecule has 0 bridgehead atoms. The van der Waals surface area contributed by atoms with E-state index in [9.17, 15) is 4.79 Å². The average molecular weight is 305 g/mol. The van der Waals surface area contributed by atoms with Gasteiger partial charge in [0.2, 0.25) is 0 Å². The zero-order chi connectivity index (χ0) is 15.9. The first-order chi connectivity index (χ1) is 11.3. The molecule has 0 fully saturated rings. The molecule has 116 valence electrons. The molecule has 0 aliphatic heterocycles. The zero-order valence-electron chi connectivity index (χ0n) is 12.9. The van der Waals surface area contributed by atoms with Crippen LogP contribution in [0.1, 0.15) is 22.3 Å². The number of hydrogen-bond donors (Lipinski definition) is 1. The van der Waals surface area contributed by atoms with Crippen molar-refractivity contribution < 1.29 is 4.79 Å². The average Bonchev–Trinajstić information content (AvgIpc) is 3.14. The van der Waals surface area contributed by atoms with E-state index in [-0.39, 0.29) is 5.91 Å². The minimum Gasteiger partial charge on any atom is -0.352 e. The Bertz CT molecular complexity index is 734. The van der Waals surface area contributed by atoms with Gasteiger partial charge in [-0.1, -0.05) is 30.3 Å². The molecule has 23 heavy (non-hydrogen) atoms. The highest BCUT2D eigenvalue weighted by atomic mass is 16.1. The molecule has 0 atom stereocenters. The Hall–Kier alpha value is -2.88. The molecule has 4 heteroatoms. The molecule has 0 aliphatic rings. The molecule has 0 saturated heterocycles. The fourth-order valence-corrected chi connectivity index (χ4v) is 2.43. The summed E-state index contributed by atoms with van der Waals surface area (Å²) in [6.07, 6.45) is 5.51. The maximum absolute atomic E-state index is 12.1. The Morgan fingerprint density at radius 2 is 1.78 bits per heavy atom. The van der Waals surface area contributed by atoms with Crippen molar-refractivity contribution in [3.8, 4) is 5.69 Å². The van der Waals surface area contributed by atoms with Crippen molar-refractivity contribution in [3.05, 3.63) is 84.2 Å². The summed E-state index contributed by atoms with van der Waals surface area (Å²) in [6, 6.07) is 19.6. The van der Waals surface area contributed by atoms with Crippen LogP contribution in [0.15, 0.2) is 73.1 Å². The smallest absolute Gasteiger partial charge is 0.251 e. The lowest BCUT2D eigenvalue weighted by Crippen LogP contribution is -2.24. The fourth-order valence-electron chi connectivity index (χ4n) is 2.43. The lowest BCUT2D eigenvalue weighted by atomic mass is 10.1. The van der Waals surface area contributed by atoms with Gasteiger partial charge in [-0.25, -0.2) is 4.68 Å². The first-order valence-corrected chi connectivity index (χ1v) is 7.75. The van der Waals surface area contributed by atoms with Gasteiger partial charge in [-0.3, -0.25) is 4.79 Å². The van der Waals surface area contributed by atoms with Crippen LogP contribution in [0.2, 0.25) is 0 Å². The number of aryl methyl sites for hydroxylation is 1. The van der Waals surface area contributed by atoms with Gasteiger partial charge in [-0.05, 0) is 48.7 Å². The third kappa shape index (κ3) is 4.07. The molecule has 1 N–H and O–H groups in total. The Morgan fingerprint density at radius 3 is 2.48 bits per heavy atom. The molecular formula is C19H19N3O. The molecule has 1 amide bonds. The highest BCUT2D eigenvalue weighted by molar-refractivity contribution is 5.94. The molecule has 1 heterocycles. The van der Waals surface area contributed by atoms with Crippen molar-refractivity contribution >= 4 is 5.91 Å². The summed E-state index contributed by atoms with van der Waals surface area (Å²) in [5, 5.41) is 7.13. The topological polar surface area (TPSA) is 46.9 Å². The van der Waals surface area contributed by atoms with Crippen LogP contribution >= 0.6 is 0 Å². The summed E-state index contributed by atoms with van der Waals surface area (Å²) in [6.45, 7) is 0.675. The van der Waals surface area contributed by atoms with Gasteiger partial charge in [0, 0.05) is 24.5 Å². The van der Waals surface area contributed by atoms with E-state index in [1.54, 1.807) is 10.9 Å². The number of nitrogens with zero attached hydrogens (tertiary/aromatic N) is 2. The summed E-state index contributed by atoms with van der Waals surface area (Å²) in [4.78, 5) is 12.1. The standard InChI is InChI=1S/C19H19N3O/c23-19(20-13-4-8-16-6-2-1-3-7-16)17-9-11-18(12-10-17)22-15-5-14-21-22/h1-3,5-7,9-12,14-15H,4,8,13H2,(H,20,23). The van der Waals surface area contributed by atoms with E-state index < -0.39 is 0 Å². The van der Waals surface area contributed by atoms with Gasteiger partial charge in [0.1, 0.15) is 0 Å². The Kier molecular flexibility index (Phi) is 4.84. The van der Waals surface area contributed by atoms with E-state index in [4.69, 9.17) is 0 Å². The second-order valence-electron chi connectivity index (χ2n) is 5.34. The van der Waals surface area contributed by atoms with E-state index in [1.807, 2.05) is 54.7 Å². The van der Waals surface area contributed by atoms with E-state index in [2.05, 4.69) is 22.5 Å². The first kappa shape index (κ1) is 15.0. The van der Waals surface area contributed by atoms with Crippen LogP contribution in [0.25, 0.3) is 5.69 Å². The Balaban J connectivity index is 1.48. The van der Waals surface area contributed by atoms with E-state index in [0.29, 0.717) is 12.1 Å². The minimum atomic E-state index is -0.0370. The lowest BCUT2D eigenvalue weighted by molar-refractivity contribution is 0.0953. The molecule has 0 aliphatic carbocycles. The number of nitrogens with one attached hydrogen (secondary N) is 1. The number of carbonyl (C=O) groups is 1. The monoisotopic (exact) mass is 305 g/mol.